The van der Waals surface area contributed by atoms with Crippen molar-refractivity contribution in [3.05, 3.63) is 87.7 Å². The summed E-state index contributed by atoms with van der Waals surface area (Å²) in [7, 11) is 0. The molecule has 0 fully saturated rings. The molecule has 0 unspecified atom stereocenters. The zero-order valence-corrected chi connectivity index (χ0v) is 21.6. The lowest BCUT2D eigenvalue weighted by Gasteiger charge is -2.18. The smallest absolute Gasteiger partial charge is 0.340 e. The summed E-state index contributed by atoms with van der Waals surface area (Å²) in [6.07, 6.45) is 0.604. The zero-order valence-electron chi connectivity index (χ0n) is 20.8. The van der Waals surface area contributed by atoms with Crippen molar-refractivity contribution in [3.63, 3.8) is 0 Å². The van der Waals surface area contributed by atoms with Crippen molar-refractivity contribution in [3.8, 4) is 0 Å². The third-order valence-electron chi connectivity index (χ3n) is 5.37. The maximum absolute atomic E-state index is 13.7. The molecular formula is C27H23N4O6S-. The summed E-state index contributed by atoms with van der Waals surface area (Å²) in [6.45, 7) is 5.59. The molecule has 0 bridgehead atoms. The lowest BCUT2D eigenvalue weighted by molar-refractivity contribution is -0.255. The first-order valence-electron chi connectivity index (χ1n) is 11.7. The Kier molecular flexibility index (Phi) is 7.87. The fraction of sp³-hybridized carbons (Fsp3) is 0.185. The van der Waals surface area contributed by atoms with Crippen molar-refractivity contribution in [2.24, 2.45) is 0 Å². The number of hydrogen-bond acceptors (Lipinski definition) is 10. The molecule has 194 valence electrons. The third-order valence-corrected chi connectivity index (χ3v) is 6.31. The standard InChI is InChI=1S/C27H24N4O6S/c1-4-12-37-26(36)19-10-5-6-11-20(19)31-23(32)21(30-18-9-7-8-17(14-18)25(34)35)22(24(31)33)38-27-28-15(2)13-16(3)29-27/h5-11,13-14,30H,4,12H2,1-3H3,(H,34,35)/p-1. The van der Waals surface area contributed by atoms with Gasteiger partial charge in [-0.1, -0.05) is 31.2 Å². The van der Waals surface area contributed by atoms with Crippen molar-refractivity contribution in [1.29, 1.82) is 0 Å². The Balaban J connectivity index is 1.79. The molecule has 1 N–H and O–H groups in total. The highest BCUT2D eigenvalue weighted by molar-refractivity contribution is 8.04. The van der Waals surface area contributed by atoms with Crippen LogP contribution >= 0.6 is 11.8 Å². The number of nitrogens with zero attached hydrogens (tertiary/aromatic N) is 3. The van der Waals surface area contributed by atoms with E-state index in [-0.39, 0.29) is 44.9 Å². The highest BCUT2D eigenvalue weighted by atomic mass is 32.2. The number of carbonyl (C=O) groups excluding carboxylic acids is 4. The number of amides is 2. The van der Waals surface area contributed by atoms with E-state index in [4.69, 9.17) is 4.74 Å². The number of rotatable bonds is 9. The van der Waals surface area contributed by atoms with E-state index in [9.17, 15) is 24.3 Å². The molecule has 3 aromatic rings. The van der Waals surface area contributed by atoms with Crippen LogP contribution in [0.15, 0.2) is 70.4 Å². The van der Waals surface area contributed by atoms with Crippen molar-refractivity contribution in [2.75, 3.05) is 16.8 Å². The summed E-state index contributed by atoms with van der Waals surface area (Å²) >= 11 is 0.894. The molecule has 2 amide bonds. The molecule has 0 saturated heterocycles. The maximum Gasteiger partial charge on any atom is 0.340 e. The second-order valence-corrected chi connectivity index (χ2v) is 9.31. The van der Waals surface area contributed by atoms with E-state index >= 15 is 0 Å². The number of thioether (sulfide) groups is 1. The van der Waals surface area contributed by atoms with Crippen LogP contribution in [0.3, 0.4) is 0 Å². The van der Waals surface area contributed by atoms with Crippen molar-refractivity contribution < 1.29 is 29.0 Å². The maximum atomic E-state index is 13.7. The van der Waals surface area contributed by atoms with Gasteiger partial charge in [-0.05, 0) is 67.9 Å². The Morgan fingerprint density at radius 1 is 1.00 bits per heavy atom. The zero-order chi connectivity index (χ0) is 27.4. The molecule has 1 aliphatic rings. The number of para-hydroxylation sites is 1. The minimum atomic E-state index is -1.39. The van der Waals surface area contributed by atoms with Crippen LogP contribution in [0.1, 0.15) is 45.4 Å². The summed E-state index contributed by atoms with van der Waals surface area (Å²) in [6, 6.07) is 13.6. The van der Waals surface area contributed by atoms with Gasteiger partial charge in [-0.15, -0.1) is 0 Å². The van der Waals surface area contributed by atoms with E-state index < -0.39 is 23.8 Å². The Bertz CT molecular complexity index is 1470. The van der Waals surface area contributed by atoms with E-state index in [1.165, 1.54) is 30.3 Å². The van der Waals surface area contributed by atoms with Crippen LogP contribution in [-0.4, -0.2) is 40.3 Å². The van der Waals surface area contributed by atoms with Crippen LogP contribution in [0.2, 0.25) is 0 Å². The number of benzene rings is 2. The van der Waals surface area contributed by atoms with E-state index in [2.05, 4.69) is 15.3 Å². The van der Waals surface area contributed by atoms with Gasteiger partial charge >= 0.3 is 5.97 Å². The first-order chi connectivity index (χ1) is 18.2. The Labute approximate surface area is 222 Å². The molecule has 0 saturated carbocycles. The first kappa shape index (κ1) is 26.6. The number of hydrogen-bond donors (Lipinski definition) is 1. The molecule has 4 rings (SSSR count). The summed E-state index contributed by atoms with van der Waals surface area (Å²) < 4.78 is 5.25. The number of aryl methyl sites for hydroxylation is 2. The minimum Gasteiger partial charge on any atom is -0.545 e. The Hall–Kier alpha value is -4.51. The molecule has 38 heavy (non-hydrogen) atoms. The van der Waals surface area contributed by atoms with Crippen molar-refractivity contribution in [1.82, 2.24) is 9.97 Å². The van der Waals surface area contributed by atoms with Gasteiger partial charge in [0.15, 0.2) is 5.16 Å². The molecular weight excluding hydrogens is 508 g/mol. The number of carboxylic acid groups (broad SMARTS) is 1. The molecule has 1 aliphatic heterocycles. The fourth-order valence-corrected chi connectivity index (χ4v) is 4.73. The van der Waals surface area contributed by atoms with Gasteiger partial charge in [0.05, 0.1) is 23.8 Å². The Morgan fingerprint density at radius 2 is 1.71 bits per heavy atom. The predicted molar refractivity (Wildman–Crippen MR) is 138 cm³/mol. The summed E-state index contributed by atoms with van der Waals surface area (Å²) in [5.74, 6) is -3.50. The highest BCUT2D eigenvalue weighted by Gasteiger charge is 2.42. The number of imide groups is 1. The molecule has 2 heterocycles. The number of ether oxygens (including phenoxy) is 1. The van der Waals surface area contributed by atoms with E-state index in [0.717, 1.165) is 16.7 Å². The molecule has 2 aromatic carbocycles. The molecule has 0 spiro atoms. The van der Waals surface area contributed by atoms with Crippen LogP contribution in [0, 0.1) is 13.8 Å². The van der Waals surface area contributed by atoms with Crippen LogP contribution in [-0.2, 0) is 14.3 Å². The fourth-order valence-electron chi connectivity index (χ4n) is 3.75. The third kappa shape index (κ3) is 5.57. The van der Waals surface area contributed by atoms with Crippen LogP contribution in [0.4, 0.5) is 11.4 Å². The summed E-state index contributed by atoms with van der Waals surface area (Å²) in [5.41, 5.74) is 1.48. The quantitative estimate of drug-likeness (QED) is 0.249. The number of carbonyl (C=O) groups is 4. The summed E-state index contributed by atoms with van der Waals surface area (Å²) in [5, 5.41) is 14.5. The first-order valence-corrected chi connectivity index (χ1v) is 12.5. The van der Waals surface area contributed by atoms with Gasteiger partial charge in [0.1, 0.15) is 10.6 Å². The number of carboxylic acids is 1. The van der Waals surface area contributed by atoms with Gasteiger partial charge in [0.2, 0.25) is 0 Å². The highest BCUT2D eigenvalue weighted by Crippen LogP contribution is 2.38. The van der Waals surface area contributed by atoms with Crippen molar-refractivity contribution in [2.45, 2.75) is 32.3 Å². The second kappa shape index (κ2) is 11.3. The lowest BCUT2D eigenvalue weighted by Crippen LogP contribution is -2.34. The van der Waals surface area contributed by atoms with Gasteiger partial charge in [0.25, 0.3) is 11.8 Å². The van der Waals surface area contributed by atoms with Crippen LogP contribution < -0.4 is 15.3 Å². The van der Waals surface area contributed by atoms with Crippen molar-refractivity contribution >= 4 is 46.9 Å². The van der Waals surface area contributed by atoms with Gasteiger partial charge in [-0.25, -0.2) is 19.7 Å². The number of aromatic nitrogens is 2. The minimum absolute atomic E-state index is 0.0180. The molecule has 0 atom stereocenters. The van der Waals surface area contributed by atoms with Crippen LogP contribution in [0.25, 0.3) is 0 Å². The topological polar surface area (TPSA) is 142 Å². The largest absolute Gasteiger partial charge is 0.545 e. The average Bonchev–Trinajstić information content (AvgIpc) is 3.10. The SMILES string of the molecule is CCCOC(=O)c1ccccc1N1C(=O)C(Nc2cccc(C(=O)[O-])c2)=C(Sc2nc(C)cc(C)n2)C1=O. The van der Waals surface area contributed by atoms with E-state index in [1.807, 2.05) is 6.92 Å². The van der Waals surface area contributed by atoms with Gasteiger partial charge in [0, 0.05) is 17.1 Å². The second-order valence-electron chi connectivity index (χ2n) is 8.33. The van der Waals surface area contributed by atoms with Gasteiger partial charge in [-0.2, -0.15) is 0 Å². The number of nitrogens with one attached hydrogen (secondary N) is 1. The van der Waals surface area contributed by atoms with Gasteiger partial charge < -0.3 is 20.0 Å². The molecule has 10 nitrogen and oxygen atoms in total. The Morgan fingerprint density at radius 3 is 2.39 bits per heavy atom. The average molecular weight is 532 g/mol. The number of esters is 1. The molecule has 1 aromatic heterocycles. The molecule has 11 heteroatoms. The molecule has 0 radical (unpaired) electrons. The predicted octanol–water partition coefficient (Wildman–Crippen LogP) is 3.01. The van der Waals surface area contributed by atoms with Gasteiger partial charge in [-0.3, -0.25) is 9.59 Å². The molecule has 0 aliphatic carbocycles. The summed E-state index contributed by atoms with van der Waals surface area (Å²) in [4.78, 5) is 61.1. The number of aromatic carboxylic acids is 1. The van der Waals surface area contributed by atoms with E-state index in [1.54, 1.807) is 38.1 Å². The normalized spacial score (nSPS) is 13.2. The van der Waals surface area contributed by atoms with Crippen LogP contribution in [0.5, 0.6) is 0 Å². The monoisotopic (exact) mass is 531 g/mol. The van der Waals surface area contributed by atoms with E-state index in [0.29, 0.717) is 17.8 Å². The lowest BCUT2D eigenvalue weighted by atomic mass is 10.1. The number of anilines is 2.